The molecule has 6 heteroatoms. The lowest BCUT2D eigenvalue weighted by Gasteiger charge is -2.12. The summed E-state index contributed by atoms with van der Waals surface area (Å²) in [6.07, 6.45) is 2.27. The first-order chi connectivity index (χ1) is 9.06. The Hall–Kier alpha value is -1.14. The number of benzene rings is 1. The highest BCUT2D eigenvalue weighted by atomic mass is 79.9. The maximum Gasteiger partial charge on any atom is 0.257 e. The van der Waals surface area contributed by atoms with E-state index in [0.717, 1.165) is 12.8 Å². The van der Waals surface area contributed by atoms with E-state index in [1.807, 2.05) is 0 Å². The largest absolute Gasteiger partial charge is 0.481 e. The van der Waals surface area contributed by atoms with Gasteiger partial charge < -0.3 is 15.8 Å². The van der Waals surface area contributed by atoms with Crippen molar-refractivity contribution < 1.29 is 13.9 Å². The maximum absolute atomic E-state index is 13.4. The van der Waals surface area contributed by atoms with E-state index in [-0.39, 0.29) is 24.3 Å². The first-order valence-corrected chi connectivity index (χ1v) is 6.95. The van der Waals surface area contributed by atoms with E-state index < -0.39 is 5.82 Å². The Kier molecular flexibility index (Phi) is 4.76. The van der Waals surface area contributed by atoms with Gasteiger partial charge in [-0.05, 0) is 37.0 Å². The molecule has 0 aliphatic heterocycles. The fourth-order valence-corrected chi connectivity index (χ4v) is 2.04. The van der Waals surface area contributed by atoms with E-state index in [9.17, 15) is 9.18 Å². The number of amides is 1. The third kappa shape index (κ3) is 4.47. The van der Waals surface area contributed by atoms with Crippen LogP contribution in [0, 0.1) is 11.7 Å². The van der Waals surface area contributed by atoms with Gasteiger partial charge in [0.1, 0.15) is 0 Å². The number of rotatable bonds is 6. The Morgan fingerprint density at radius 2 is 2.32 bits per heavy atom. The third-order valence-electron chi connectivity index (χ3n) is 3.02. The zero-order chi connectivity index (χ0) is 13.8. The van der Waals surface area contributed by atoms with Gasteiger partial charge in [0, 0.05) is 17.1 Å². The average molecular weight is 331 g/mol. The van der Waals surface area contributed by atoms with Crippen LogP contribution in [0.5, 0.6) is 5.75 Å². The number of ether oxygens (including phenoxy) is 1. The number of hydrogen-bond donors (Lipinski definition) is 2. The van der Waals surface area contributed by atoms with Gasteiger partial charge in [0.25, 0.3) is 5.91 Å². The van der Waals surface area contributed by atoms with Crippen molar-refractivity contribution in [2.75, 3.05) is 13.2 Å². The van der Waals surface area contributed by atoms with Crippen molar-refractivity contribution in [1.29, 1.82) is 0 Å². The summed E-state index contributed by atoms with van der Waals surface area (Å²) in [5.74, 6) is -0.203. The van der Waals surface area contributed by atoms with Crippen LogP contribution in [0.3, 0.4) is 0 Å². The van der Waals surface area contributed by atoms with Crippen molar-refractivity contribution in [3.63, 3.8) is 0 Å². The van der Waals surface area contributed by atoms with Gasteiger partial charge in [0.15, 0.2) is 18.2 Å². The summed E-state index contributed by atoms with van der Waals surface area (Å²) in [5.41, 5.74) is 5.85. The van der Waals surface area contributed by atoms with E-state index in [1.54, 1.807) is 6.07 Å². The molecule has 1 atom stereocenters. The van der Waals surface area contributed by atoms with Gasteiger partial charge in [-0.15, -0.1) is 0 Å². The van der Waals surface area contributed by atoms with Crippen LogP contribution in [0.1, 0.15) is 12.8 Å². The fraction of sp³-hybridized carbons (Fsp3) is 0.462. The molecule has 1 aromatic carbocycles. The molecule has 0 radical (unpaired) electrons. The van der Waals surface area contributed by atoms with Gasteiger partial charge in [-0.3, -0.25) is 4.79 Å². The van der Waals surface area contributed by atoms with E-state index in [0.29, 0.717) is 16.9 Å². The lowest BCUT2D eigenvalue weighted by Crippen LogP contribution is -2.40. The van der Waals surface area contributed by atoms with Crippen molar-refractivity contribution in [1.82, 2.24) is 5.32 Å². The van der Waals surface area contributed by atoms with Crippen molar-refractivity contribution in [3.05, 3.63) is 28.5 Å². The Labute approximate surface area is 119 Å². The summed E-state index contributed by atoms with van der Waals surface area (Å²) >= 11 is 3.15. The first kappa shape index (κ1) is 14.3. The van der Waals surface area contributed by atoms with Gasteiger partial charge in [-0.2, -0.15) is 0 Å². The van der Waals surface area contributed by atoms with Gasteiger partial charge in [0.2, 0.25) is 0 Å². The molecule has 4 nitrogen and oxygen atoms in total. The smallest absolute Gasteiger partial charge is 0.257 e. The van der Waals surface area contributed by atoms with Crippen LogP contribution in [-0.2, 0) is 4.79 Å². The highest BCUT2D eigenvalue weighted by Gasteiger charge is 2.28. The minimum absolute atomic E-state index is 0.00775. The molecule has 0 heterocycles. The second-order valence-corrected chi connectivity index (χ2v) is 5.58. The molecule has 0 aromatic heterocycles. The number of carbonyl (C=O) groups excluding carboxylic acids is 1. The molecule has 1 amide bonds. The number of hydrogen-bond acceptors (Lipinski definition) is 3. The molecule has 1 aromatic rings. The normalized spacial score (nSPS) is 15.9. The summed E-state index contributed by atoms with van der Waals surface area (Å²) in [7, 11) is 0. The lowest BCUT2D eigenvalue weighted by atomic mass is 10.2. The predicted octanol–water partition coefficient (Wildman–Crippen LogP) is 1.82. The first-order valence-electron chi connectivity index (χ1n) is 6.16. The van der Waals surface area contributed by atoms with Gasteiger partial charge >= 0.3 is 0 Å². The molecule has 2 rings (SSSR count). The summed E-state index contributed by atoms with van der Waals surface area (Å²) in [4.78, 5) is 11.5. The molecular weight excluding hydrogens is 315 g/mol. The molecule has 19 heavy (non-hydrogen) atoms. The zero-order valence-electron chi connectivity index (χ0n) is 10.4. The molecule has 0 saturated heterocycles. The molecule has 1 aliphatic rings. The SMILES string of the molecule is NC(CNC(=O)COc1ccc(Br)cc1F)C1CC1. The van der Waals surface area contributed by atoms with Crippen molar-refractivity contribution in [2.24, 2.45) is 11.7 Å². The maximum atomic E-state index is 13.4. The molecular formula is C13H16BrFN2O2. The molecule has 104 valence electrons. The minimum atomic E-state index is -0.503. The fourth-order valence-electron chi connectivity index (χ4n) is 1.71. The quantitative estimate of drug-likeness (QED) is 0.836. The van der Waals surface area contributed by atoms with E-state index in [4.69, 9.17) is 10.5 Å². The topological polar surface area (TPSA) is 64.3 Å². The van der Waals surface area contributed by atoms with Gasteiger partial charge in [-0.25, -0.2) is 4.39 Å². The molecule has 1 unspecified atom stereocenters. The monoisotopic (exact) mass is 330 g/mol. The lowest BCUT2D eigenvalue weighted by molar-refractivity contribution is -0.123. The standard InChI is InChI=1S/C13H16BrFN2O2/c14-9-3-4-12(10(15)5-9)19-7-13(18)17-6-11(16)8-1-2-8/h3-5,8,11H,1-2,6-7,16H2,(H,17,18). The van der Waals surface area contributed by atoms with Crippen molar-refractivity contribution >= 4 is 21.8 Å². The van der Waals surface area contributed by atoms with E-state index >= 15 is 0 Å². The molecule has 0 spiro atoms. The summed E-state index contributed by atoms with van der Waals surface area (Å²) in [5, 5.41) is 2.68. The highest BCUT2D eigenvalue weighted by Crippen LogP contribution is 2.31. The Balaban J connectivity index is 1.73. The third-order valence-corrected chi connectivity index (χ3v) is 3.51. The summed E-state index contributed by atoms with van der Waals surface area (Å²) < 4.78 is 19.2. The Bertz CT molecular complexity index is 466. The number of halogens is 2. The van der Waals surface area contributed by atoms with Gasteiger partial charge in [0.05, 0.1) is 0 Å². The molecule has 1 fully saturated rings. The number of nitrogens with two attached hydrogens (primary N) is 1. The second-order valence-electron chi connectivity index (χ2n) is 4.67. The highest BCUT2D eigenvalue weighted by molar-refractivity contribution is 9.10. The van der Waals surface area contributed by atoms with Crippen molar-refractivity contribution in [2.45, 2.75) is 18.9 Å². The average Bonchev–Trinajstić information content (AvgIpc) is 3.19. The second kappa shape index (κ2) is 6.34. The van der Waals surface area contributed by atoms with Crippen LogP contribution in [0.4, 0.5) is 4.39 Å². The summed E-state index contributed by atoms with van der Waals surface area (Å²) in [6.45, 7) is 0.228. The molecule has 1 saturated carbocycles. The van der Waals surface area contributed by atoms with Crippen LogP contribution < -0.4 is 15.8 Å². The summed E-state index contributed by atoms with van der Waals surface area (Å²) in [6, 6.07) is 4.42. The van der Waals surface area contributed by atoms with Gasteiger partial charge in [-0.1, -0.05) is 15.9 Å². The molecule has 3 N–H and O–H groups in total. The number of nitrogens with one attached hydrogen (secondary N) is 1. The minimum Gasteiger partial charge on any atom is -0.481 e. The predicted molar refractivity (Wildman–Crippen MR) is 73.3 cm³/mol. The molecule has 0 bridgehead atoms. The Morgan fingerprint density at radius 1 is 1.58 bits per heavy atom. The van der Waals surface area contributed by atoms with Crippen LogP contribution in [-0.4, -0.2) is 25.1 Å². The van der Waals surface area contributed by atoms with E-state index in [1.165, 1.54) is 12.1 Å². The van der Waals surface area contributed by atoms with Crippen LogP contribution in [0.15, 0.2) is 22.7 Å². The van der Waals surface area contributed by atoms with Crippen LogP contribution in [0.25, 0.3) is 0 Å². The number of carbonyl (C=O) groups is 1. The Morgan fingerprint density at radius 3 is 2.95 bits per heavy atom. The molecule has 1 aliphatic carbocycles. The van der Waals surface area contributed by atoms with Crippen LogP contribution in [0.2, 0.25) is 0 Å². The van der Waals surface area contributed by atoms with E-state index in [2.05, 4.69) is 21.2 Å². The van der Waals surface area contributed by atoms with Crippen molar-refractivity contribution in [3.8, 4) is 5.75 Å². The zero-order valence-corrected chi connectivity index (χ0v) is 12.0. The van der Waals surface area contributed by atoms with Crippen LogP contribution >= 0.6 is 15.9 Å².